The van der Waals surface area contributed by atoms with Crippen molar-refractivity contribution in [3.05, 3.63) is 60.7 Å². The minimum Gasteiger partial charge on any atom is -0.0926 e. The zero-order valence-electron chi connectivity index (χ0n) is 12.1. The van der Waals surface area contributed by atoms with Crippen LogP contribution in [-0.4, -0.2) is 12.5 Å². The molecule has 0 saturated carbocycles. The van der Waals surface area contributed by atoms with Gasteiger partial charge in [-0.1, -0.05) is 94.6 Å². The van der Waals surface area contributed by atoms with E-state index in [1.165, 1.54) is 10.6 Å². The van der Waals surface area contributed by atoms with E-state index in [9.17, 15) is 0 Å². The van der Waals surface area contributed by atoms with Crippen LogP contribution in [0.2, 0.25) is 0 Å². The highest BCUT2D eigenvalue weighted by atomic mass is 31.2. The molecule has 0 atom stereocenters. The molecule has 0 radical (unpaired) electrons. The fraction of sp³-hybridized carbons (Fsp3) is 0.278. The Morgan fingerprint density at radius 2 is 1.16 bits per heavy atom. The molecule has 19 heavy (non-hydrogen) atoms. The molecular weight excluding hydrogens is 247 g/mol. The van der Waals surface area contributed by atoms with Gasteiger partial charge in [-0.3, -0.25) is 0 Å². The Kier molecular flexibility index (Phi) is 4.02. The molecule has 0 bridgehead atoms. The number of benzene rings is 2. The minimum atomic E-state index is -1.55. The Morgan fingerprint density at radius 1 is 0.789 bits per heavy atom. The molecule has 0 nitrogen and oxygen atoms in total. The molecule has 0 saturated heterocycles. The van der Waals surface area contributed by atoms with Gasteiger partial charge in [-0.2, -0.15) is 0 Å². The van der Waals surface area contributed by atoms with Gasteiger partial charge in [0.2, 0.25) is 0 Å². The summed E-state index contributed by atoms with van der Waals surface area (Å²) in [4.78, 5) is 0. The van der Waals surface area contributed by atoms with Crippen LogP contribution in [-0.2, 0) is 0 Å². The van der Waals surface area contributed by atoms with Crippen LogP contribution in [0.3, 0.4) is 0 Å². The average Bonchev–Trinajstić information content (AvgIpc) is 2.39. The van der Waals surface area contributed by atoms with Gasteiger partial charge in [0, 0.05) is 0 Å². The molecule has 0 aliphatic rings. The Hall–Kier alpha value is -1.26. The quantitative estimate of drug-likeness (QED) is 0.736. The summed E-state index contributed by atoms with van der Waals surface area (Å²) in [5, 5.41) is 2.80. The monoisotopic (exact) mass is 270 g/mol. The third-order valence-electron chi connectivity index (χ3n) is 3.25. The third-order valence-corrected chi connectivity index (χ3v) is 7.31. The Morgan fingerprint density at radius 3 is 1.47 bits per heavy atom. The summed E-state index contributed by atoms with van der Waals surface area (Å²) in [6, 6.07) is 21.6. The van der Waals surface area contributed by atoms with Crippen LogP contribution in [0.25, 0.3) is 0 Å². The van der Waals surface area contributed by atoms with E-state index in [-0.39, 0.29) is 5.41 Å². The van der Waals surface area contributed by atoms with Crippen molar-refractivity contribution in [1.82, 2.24) is 0 Å². The Bertz CT molecular complexity index is 518. The molecule has 0 amide bonds. The zero-order valence-corrected chi connectivity index (χ0v) is 13.0. The van der Waals surface area contributed by atoms with E-state index in [0.29, 0.717) is 0 Å². The normalized spacial score (nSPS) is 12.4. The lowest BCUT2D eigenvalue weighted by Gasteiger charge is -2.32. The molecule has 0 unspecified atom stereocenters. The molecular formula is C18H23P. The van der Waals surface area contributed by atoms with Gasteiger partial charge in [-0.15, -0.1) is 0 Å². The van der Waals surface area contributed by atoms with E-state index in [1.54, 1.807) is 0 Å². The van der Waals surface area contributed by atoms with Crippen LogP contribution in [0.1, 0.15) is 20.8 Å². The zero-order chi connectivity index (χ0) is 13.9. The molecule has 100 valence electrons. The first kappa shape index (κ1) is 14.2. The largest absolute Gasteiger partial charge is 0.0926 e. The molecule has 0 N–H and O–H groups in total. The molecule has 2 rings (SSSR count). The maximum atomic E-state index is 4.71. The molecule has 0 fully saturated rings. The standard InChI is InChI=1S/C18H23P/c1-18(2,3)15-19(4,16-11-7-5-8-12-16)17-13-9-6-10-14-17/h5-14H,4,15H2,1-3H3. The van der Waals surface area contributed by atoms with E-state index in [2.05, 4.69) is 81.4 Å². The van der Waals surface area contributed by atoms with Crippen molar-refractivity contribution < 1.29 is 0 Å². The van der Waals surface area contributed by atoms with Crippen molar-refractivity contribution in [2.45, 2.75) is 20.8 Å². The highest BCUT2D eigenvalue weighted by Gasteiger charge is 2.25. The van der Waals surface area contributed by atoms with Gasteiger partial charge in [0.25, 0.3) is 0 Å². The van der Waals surface area contributed by atoms with Crippen molar-refractivity contribution in [3.8, 4) is 0 Å². The lowest BCUT2D eigenvalue weighted by atomic mass is 10.0. The van der Waals surface area contributed by atoms with Gasteiger partial charge in [0.1, 0.15) is 0 Å². The van der Waals surface area contributed by atoms with Crippen molar-refractivity contribution in [2.24, 2.45) is 5.41 Å². The molecule has 0 aliphatic carbocycles. The summed E-state index contributed by atoms with van der Waals surface area (Å²) in [6.45, 7) is 5.37. The van der Waals surface area contributed by atoms with Crippen LogP contribution in [0.5, 0.6) is 0 Å². The molecule has 1 heteroatoms. The summed E-state index contributed by atoms with van der Waals surface area (Å²) >= 11 is 0. The second kappa shape index (κ2) is 5.39. The SMILES string of the molecule is C=P(CC(C)(C)C)(c1ccccc1)c1ccccc1. The second-order valence-electron chi connectivity index (χ2n) is 6.36. The van der Waals surface area contributed by atoms with Crippen LogP contribution in [0.4, 0.5) is 0 Å². The summed E-state index contributed by atoms with van der Waals surface area (Å²) in [6.07, 6.45) is 5.84. The van der Waals surface area contributed by atoms with E-state index < -0.39 is 6.89 Å². The molecule has 0 aliphatic heterocycles. The van der Waals surface area contributed by atoms with E-state index in [0.717, 1.165) is 6.16 Å². The van der Waals surface area contributed by atoms with Crippen LogP contribution < -0.4 is 10.6 Å². The molecule has 2 aromatic rings. The first-order chi connectivity index (χ1) is 8.92. The lowest BCUT2D eigenvalue weighted by molar-refractivity contribution is 0.478. The van der Waals surface area contributed by atoms with Crippen LogP contribution >= 0.6 is 6.89 Å². The lowest BCUT2D eigenvalue weighted by Crippen LogP contribution is -2.25. The number of hydrogen-bond acceptors (Lipinski definition) is 0. The van der Waals surface area contributed by atoms with E-state index in [4.69, 9.17) is 6.30 Å². The highest BCUT2D eigenvalue weighted by molar-refractivity contribution is 7.87. The molecule has 2 aromatic carbocycles. The summed E-state index contributed by atoms with van der Waals surface area (Å²) < 4.78 is 0. The van der Waals surface area contributed by atoms with Crippen molar-refractivity contribution in [2.75, 3.05) is 6.16 Å². The maximum absolute atomic E-state index is 4.71. The predicted octanol–water partition coefficient (Wildman–Crippen LogP) is 4.13. The first-order valence-corrected chi connectivity index (χ1v) is 8.91. The summed E-state index contributed by atoms with van der Waals surface area (Å²) in [7, 11) is 0. The van der Waals surface area contributed by atoms with Crippen LogP contribution in [0.15, 0.2) is 60.7 Å². The van der Waals surface area contributed by atoms with Gasteiger partial charge in [-0.05, 0) is 22.2 Å². The smallest absolute Gasteiger partial charge is 0.0208 e. The van der Waals surface area contributed by atoms with E-state index >= 15 is 0 Å². The highest BCUT2D eigenvalue weighted by Crippen LogP contribution is 2.47. The third kappa shape index (κ3) is 3.39. The molecule has 0 spiro atoms. The average molecular weight is 270 g/mol. The van der Waals surface area contributed by atoms with Gasteiger partial charge < -0.3 is 0 Å². The second-order valence-corrected chi connectivity index (χ2v) is 9.64. The summed E-state index contributed by atoms with van der Waals surface area (Å²) in [5.41, 5.74) is 0.279. The Labute approximate surface area is 117 Å². The minimum absolute atomic E-state index is 0.279. The predicted molar refractivity (Wildman–Crippen MR) is 90.5 cm³/mol. The topological polar surface area (TPSA) is 0 Å². The molecule has 0 heterocycles. The van der Waals surface area contributed by atoms with Crippen molar-refractivity contribution in [3.63, 3.8) is 0 Å². The van der Waals surface area contributed by atoms with Gasteiger partial charge >= 0.3 is 0 Å². The number of hydrogen-bond donors (Lipinski definition) is 0. The van der Waals surface area contributed by atoms with Gasteiger partial charge in [-0.25, -0.2) is 0 Å². The number of rotatable bonds is 3. The van der Waals surface area contributed by atoms with Gasteiger partial charge in [0.05, 0.1) is 0 Å². The van der Waals surface area contributed by atoms with Crippen molar-refractivity contribution in [1.29, 1.82) is 0 Å². The van der Waals surface area contributed by atoms with E-state index in [1.807, 2.05) is 0 Å². The fourth-order valence-electron chi connectivity index (χ4n) is 2.57. The first-order valence-electron chi connectivity index (χ1n) is 6.75. The van der Waals surface area contributed by atoms with Gasteiger partial charge in [0.15, 0.2) is 0 Å². The Balaban J connectivity index is 2.55. The molecule has 0 aromatic heterocycles. The fourth-order valence-corrected chi connectivity index (χ4v) is 6.34. The summed E-state index contributed by atoms with van der Waals surface area (Å²) in [5.74, 6) is 0. The van der Waals surface area contributed by atoms with Crippen molar-refractivity contribution >= 4 is 23.8 Å². The van der Waals surface area contributed by atoms with Crippen LogP contribution in [0, 0.1) is 5.41 Å². The maximum Gasteiger partial charge on any atom is -0.0208 e.